The van der Waals surface area contributed by atoms with Crippen LogP contribution in [0.25, 0.3) is 10.9 Å². The summed E-state index contributed by atoms with van der Waals surface area (Å²) in [6.45, 7) is 4.89. The Balaban J connectivity index is 0.854. The van der Waals surface area contributed by atoms with E-state index < -0.39 is 6.10 Å². The van der Waals surface area contributed by atoms with Crippen LogP contribution in [0.15, 0.2) is 108 Å². The lowest BCUT2D eigenvalue weighted by molar-refractivity contribution is -0.0311. The highest BCUT2D eigenvalue weighted by Crippen LogP contribution is 2.31. The molecule has 2 atom stereocenters. The Kier molecular flexibility index (Phi) is 12.1. The van der Waals surface area contributed by atoms with Gasteiger partial charge in [0.2, 0.25) is 5.56 Å². The third kappa shape index (κ3) is 9.52. The number of nitrogens with one attached hydrogen (secondary N) is 3. The van der Waals surface area contributed by atoms with Crippen molar-refractivity contribution in [2.75, 3.05) is 44.2 Å². The maximum absolute atomic E-state index is 13.6. The van der Waals surface area contributed by atoms with Gasteiger partial charge in [0.25, 0.3) is 5.91 Å². The monoisotopic (exact) mass is 745 g/mol. The number of anilines is 1. The van der Waals surface area contributed by atoms with Crippen LogP contribution in [-0.4, -0.2) is 77.5 Å². The van der Waals surface area contributed by atoms with E-state index in [0.29, 0.717) is 66.4 Å². The molecular weight excluding hydrogens is 699 g/mol. The summed E-state index contributed by atoms with van der Waals surface area (Å²) in [5.74, 6) is 0.858. The number of aliphatic hydroxyl groups excluding tert-OH is 1. The minimum atomic E-state index is -0.852. The third-order valence-corrected chi connectivity index (χ3v) is 10.4. The number of hydrogen-bond acceptors (Lipinski definition) is 9. The molecule has 5 N–H and O–H groups in total. The molecule has 0 spiro atoms. The molecule has 8 rings (SSSR count). The zero-order chi connectivity index (χ0) is 38.1. The van der Waals surface area contributed by atoms with Crippen LogP contribution in [0.4, 0.5) is 10.5 Å². The van der Waals surface area contributed by atoms with E-state index >= 15 is 0 Å². The van der Waals surface area contributed by atoms with E-state index in [9.17, 15) is 24.6 Å². The number of phenolic OH excluding ortho intramolecular Hbond substituents is 1. The van der Waals surface area contributed by atoms with Crippen molar-refractivity contribution in [2.45, 2.75) is 44.6 Å². The van der Waals surface area contributed by atoms with Gasteiger partial charge in [-0.2, -0.15) is 0 Å². The number of benzene rings is 4. The van der Waals surface area contributed by atoms with Gasteiger partial charge < -0.3 is 35.3 Å². The number of carbonyl (C=O) groups is 2. The maximum Gasteiger partial charge on any atom is 0.414 e. The van der Waals surface area contributed by atoms with E-state index in [1.165, 1.54) is 12.1 Å². The van der Waals surface area contributed by atoms with Crippen molar-refractivity contribution < 1.29 is 29.3 Å². The summed E-state index contributed by atoms with van der Waals surface area (Å²) in [6, 6.07) is 30.6. The van der Waals surface area contributed by atoms with Gasteiger partial charge in [-0.25, -0.2) is 4.79 Å². The molecule has 3 aliphatic heterocycles. The summed E-state index contributed by atoms with van der Waals surface area (Å²) in [5, 5.41) is 27.5. The smallest absolute Gasteiger partial charge is 0.414 e. The van der Waals surface area contributed by atoms with Crippen LogP contribution in [0.5, 0.6) is 11.5 Å². The average molecular weight is 746 g/mol. The van der Waals surface area contributed by atoms with Crippen molar-refractivity contribution in [3.8, 4) is 11.5 Å². The highest BCUT2D eigenvalue weighted by molar-refractivity contribution is 5.94. The summed E-state index contributed by atoms with van der Waals surface area (Å²) in [6.07, 6.45) is 1.52. The highest BCUT2D eigenvalue weighted by Gasteiger charge is 2.37. The number of H-pyrrole nitrogens is 1. The lowest BCUT2D eigenvalue weighted by atomic mass is 9.86. The number of ether oxygens (including phenoxy) is 2. The Labute approximate surface area is 319 Å². The number of piperidine rings is 3. The Morgan fingerprint density at radius 3 is 2.47 bits per heavy atom. The van der Waals surface area contributed by atoms with E-state index in [1.807, 2.05) is 66.7 Å². The van der Waals surface area contributed by atoms with Gasteiger partial charge in [0, 0.05) is 42.3 Å². The zero-order valence-electron chi connectivity index (χ0n) is 30.7. The van der Waals surface area contributed by atoms with Gasteiger partial charge in [0.1, 0.15) is 24.2 Å². The Morgan fingerprint density at radius 2 is 1.71 bits per heavy atom. The standard InChI is InChI=1S/C43H47N5O7/c49-37-16-14-35(36-15-17-40(51)46-41(36)37)38(50)25-44-20-5-21-45-42(52)32-12-10-29(11-13-32)28-54-34-9-4-6-30(24-34)26-48(33-7-2-1-3-8-33)43(53)55-39-27-47-22-18-31(39)19-23-47/h1-4,6-17,24,31,38-39,44,49-50H,5,18-23,25-28H2,(H,45,52)(H,46,51)/t38-,39-/m0/s1. The van der Waals surface area contributed by atoms with Gasteiger partial charge in [-0.3, -0.25) is 19.4 Å². The van der Waals surface area contributed by atoms with E-state index in [2.05, 4.69) is 20.5 Å². The fraction of sp³-hybridized carbons (Fsp3) is 0.326. The minimum Gasteiger partial charge on any atom is -0.506 e. The predicted octanol–water partition coefficient (Wildman–Crippen LogP) is 5.49. The number of aromatic nitrogens is 1. The number of aliphatic hydroxyl groups is 1. The lowest BCUT2D eigenvalue weighted by Crippen LogP contribution is -2.53. The number of carbonyl (C=O) groups excluding carboxylic acids is 2. The molecule has 4 aromatic carbocycles. The number of para-hydroxylation sites is 1. The fourth-order valence-corrected chi connectivity index (χ4v) is 7.36. The molecule has 12 heteroatoms. The zero-order valence-corrected chi connectivity index (χ0v) is 30.7. The van der Waals surface area contributed by atoms with Crippen molar-refractivity contribution in [2.24, 2.45) is 5.92 Å². The molecule has 3 saturated heterocycles. The summed E-state index contributed by atoms with van der Waals surface area (Å²) in [7, 11) is 0. The van der Waals surface area contributed by atoms with Crippen LogP contribution in [-0.2, 0) is 17.9 Å². The van der Waals surface area contributed by atoms with Crippen LogP contribution in [0.1, 0.15) is 52.4 Å². The highest BCUT2D eigenvalue weighted by atomic mass is 16.6. The van der Waals surface area contributed by atoms with E-state index in [0.717, 1.165) is 49.3 Å². The molecule has 3 aliphatic rings. The van der Waals surface area contributed by atoms with Crippen LogP contribution in [0.3, 0.4) is 0 Å². The van der Waals surface area contributed by atoms with Crippen molar-refractivity contribution in [3.63, 3.8) is 0 Å². The first-order valence-electron chi connectivity index (χ1n) is 18.9. The molecule has 286 valence electrons. The second-order valence-corrected chi connectivity index (χ2v) is 14.2. The molecule has 12 nitrogen and oxygen atoms in total. The minimum absolute atomic E-state index is 0.0559. The van der Waals surface area contributed by atoms with Crippen molar-refractivity contribution in [1.82, 2.24) is 20.5 Å². The van der Waals surface area contributed by atoms with E-state index in [-0.39, 0.29) is 36.0 Å². The predicted molar refractivity (Wildman–Crippen MR) is 210 cm³/mol. The summed E-state index contributed by atoms with van der Waals surface area (Å²) >= 11 is 0. The van der Waals surface area contributed by atoms with Crippen LogP contribution < -0.4 is 25.8 Å². The molecule has 0 radical (unpaired) electrons. The first kappa shape index (κ1) is 37.6. The second kappa shape index (κ2) is 17.6. The van der Waals surface area contributed by atoms with Crippen LogP contribution in [0, 0.1) is 5.92 Å². The van der Waals surface area contributed by atoms with Crippen LogP contribution in [0.2, 0.25) is 0 Å². The van der Waals surface area contributed by atoms with Crippen LogP contribution >= 0.6 is 0 Å². The molecule has 2 amide bonds. The van der Waals surface area contributed by atoms with Gasteiger partial charge >= 0.3 is 6.09 Å². The number of phenols is 1. The maximum atomic E-state index is 13.6. The number of pyridine rings is 1. The molecule has 0 unspecified atom stereocenters. The van der Waals surface area contributed by atoms with Gasteiger partial charge in [-0.15, -0.1) is 0 Å². The van der Waals surface area contributed by atoms with Gasteiger partial charge in [0.15, 0.2) is 0 Å². The number of rotatable bonds is 15. The van der Waals surface area contributed by atoms with Gasteiger partial charge in [-0.1, -0.05) is 48.5 Å². The largest absolute Gasteiger partial charge is 0.506 e. The van der Waals surface area contributed by atoms with Crippen molar-refractivity contribution in [1.29, 1.82) is 0 Å². The Bertz CT molecular complexity index is 2130. The van der Waals surface area contributed by atoms with Gasteiger partial charge in [-0.05, 0) is 110 Å². The lowest BCUT2D eigenvalue weighted by Gasteiger charge is -2.44. The quantitative estimate of drug-likeness (QED) is 0.0875. The molecule has 2 bridgehead atoms. The summed E-state index contributed by atoms with van der Waals surface area (Å²) in [5.41, 5.74) is 3.69. The average Bonchev–Trinajstić information content (AvgIpc) is 3.21. The molecule has 1 aromatic heterocycles. The van der Waals surface area contributed by atoms with Crippen molar-refractivity contribution >= 4 is 28.6 Å². The van der Waals surface area contributed by atoms with Crippen molar-refractivity contribution in [3.05, 3.63) is 136 Å². The summed E-state index contributed by atoms with van der Waals surface area (Å²) in [4.78, 5) is 44.7. The number of fused-ring (bicyclic) bond motifs is 4. The number of hydrogen-bond donors (Lipinski definition) is 5. The van der Waals surface area contributed by atoms with Gasteiger partial charge in [0.05, 0.1) is 18.2 Å². The number of aromatic hydroxyl groups is 1. The topological polar surface area (TPSA) is 156 Å². The normalized spacial score (nSPS) is 18.1. The molecule has 3 fully saturated rings. The summed E-state index contributed by atoms with van der Waals surface area (Å²) < 4.78 is 12.2. The number of amides is 2. The molecule has 0 saturated carbocycles. The number of aromatic amines is 1. The first-order chi connectivity index (χ1) is 26.8. The Morgan fingerprint density at radius 1 is 0.909 bits per heavy atom. The third-order valence-electron chi connectivity index (χ3n) is 10.4. The molecular formula is C43H47N5O7. The molecule has 55 heavy (non-hydrogen) atoms. The Hall–Kier alpha value is -5.69. The van der Waals surface area contributed by atoms with E-state index in [4.69, 9.17) is 9.47 Å². The molecule has 4 heterocycles. The molecule has 5 aromatic rings. The first-order valence-corrected chi connectivity index (χ1v) is 18.9. The SMILES string of the molecule is O=C(NCCCNC[C@H](O)c1ccc(O)c2[nH]c(=O)ccc12)c1ccc(COc2cccc(CN(C(=O)O[C@H]3CN4CCC3CC4)c3ccccc3)c2)cc1. The number of nitrogens with zero attached hydrogens (tertiary/aromatic N) is 2. The fourth-order valence-electron chi connectivity index (χ4n) is 7.36. The second-order valence-electron chi connectivity index (χ2n) is 14.2. The van der Waals surface area contributed by atoms with E-state index in [1.54, 1.807) is 29.2 Å². The molecule has 0 aliphatic carbocycles.